The number of benzene rings is 2. The molecule has 7 nitrogen and oxygen atoms in total. The maximum Gasteiger partial charge on any atom is 0.389 e. The van der Waals surface area contributed by atoms with Crippen LogP contribution in [0, 0.1) is 17.1 Å². The zero-order valence-electron chi connectivity index (χ0n) is 20.8. The number of nitrogens with zero attached hydrogens (tertiary/aromatic N) is 2. The molecular formula is C28H22F4N4O3. The number of halogens is 4. The summed E-state index contributed by atoms with van der Waals surface area (Å²) >= 11 is 0. The number of carbonyl (C=O) groups is 2. The smallest absolute Gasteiger partial charge is 0.389 e. The highest BCUT2D eigenvalue weighted by molar-refractivity contribution is 6.11. The van der Waals surface area contributed by atoms with Crippen molar-refractivity contribution in [2.24, 2.45) is 0 Å². The second kappa shape index (κ2) is 10.9. The van der Waals surface area contributed by atoms with Crippen LogP contribution in [0.15, 0.2) is 59.0 Å². The molecule has 0 saturated heterocycles. The lowest BCUT2D eigenvalue weighted by molar-refractivity contribution is -0.134. The third-order valence-corrected chi connectivity index (χ3v) is 5.94. The Bertz CT molecular complexity index is 1590. The quantitative estimate of drug-likeness (QED) is 0.289. The van der Waals surface area contributed by atoms with E-state index < -0.39 is 42.7 Å². The normalized spacial score (nSPS) is 12.1. The van der Waals surface area contributed by atoms with Gasteiger partial charge in [0.05, 0.1) is 22.7 Å². The molecule has 0 aliphatic rings. The Morgan fingerprint density at radius 1 is 1.08 bits per heavy atom. The Kier molecular flexibility index (Phi) is 7.67. The van der Waals surface area contributed by atoms with Gasteiger partial charge in [0.1, 0.15) is 17.6 Å². The molecule has 4 aromatic rings. The van der Waals surface area contributed by atoms with Gasteiger partial charge in [-0.25, -0.2) is 9.37 Å². The van der Waals surface area contributed by atoms with Crippen molar-refractivity contribution in [2.75, 3.05) is 7.05 Å². The SMILES string of the molecule is CNC(=O)c1c(-c2ccc(F)cc2)oc2nc(CCC(F)(F)F)c(-c3cccc(C(=O)N[C@@H](C)C#N)c3)cc12. The first-order valence-corrected chi connectivity index (χ1v) is 11.8. The van der Waals surface area contributed by atoms with Crippen molar-refractivity contribution in [1.29, 1.82) is 5.26 Å². The van der Waals surface area contributed by atoms with E-state index in [1.165, 1.54) is 56.4 Å². The molecule has 0 spiro atoms. The molecule has 11 heteroatoms. The van der Waals surface area contributed by atoms with Crippen LogP contribution in [0.5, 0.6) is 0 Å². The zero-order chi connectivity index (χ0) is 28.3. The van der Waals surface area contributed by atoms with Gasteiger partial charge >= 0.3 is 6.18 Å². The highest BCUT2D eigenvalue weighted by Crippen LogP contribution is 2.37. The summed E-state index contributed by atoms with van der Waals surface area (Å²) in [5.74, 6) is -1.50. The molecule has 0 unspecified atom stereocenters. The molecule has 0 aliphatic carbocycles. The summed E-state index contributed by atoms with van der Waals surface area (Å²) in [7, 11) is 1.41. The molecule has 2 aromatic heterocycles. The number of pyridine rings is 1. The van der Waals surface area contributed by atoms with Crippen LogP contribution >= 0.6 is 0 Å². The van der Waals surface area contributed by atoms with Crippen molar-refractivity contribution >= 4 is 22.9 Å². The highest BCUT2D eigenvalue weighted by atomic mass is 19.4. The minimum absolute atomic E-state index is 0.0469. The molecule has 2 N–H and O–H groups in total. The highest BCUT2D eigenvalue weighted by Gasteiger charge is 2.29. The summed E-state index contributed by atoms with van der Waals surface area (Å²) in [5, 5.41) is 14.2. The number of hydrogen-bond acceptors (Lipinski definition) is 5. The minimum atomic E-state index is -4.46. The Labute approximate surface area is 220 Å². The summed E-state index contributed by atoms with van der Waals surface area (Å²) in [6, 6.07) is 14.0. The first kappa shape index (κ1) is 27.3. The second-order valence-electron chi connectivity index (χ2n) is 8.75. The van der Waals surface area contributed by atoms with E-state index in [1.54, 1.807) is 12.1 Å². The van der Waals surface area contributed by atoms with Gasteiger partial charge in [-0.3, -0.25) is 9.59 Å². The van der Waals surface area contributed by atoms with Crippen LogP contribution in [0.3, 0.4) is 0 Å². The van der Waals surface area contributed by atoms with Gasteiger partial charge in [-0.2, -0.15) is 18.4 Å². The molecule has 39 heavy (non-hydrogen) atoms. The second-order valence-corrected chi connectivity index (χ2v) is 8.75. The fourth-order valence-electron chi connectivity index (χ4n) is 4.06. The van der Waals surface area contributed by atoms with Crippen LogP contribution < -0.4 is 10.6 Å². The molecule has 200 valence electrons. The summed E-state index contributed by atoms with van der Waals surface area (Å²) in [5.41, 5.74) is 1.26. The average Bonchev–Trinajstić information content (AvgIpc) is 3.29. The maximum absolute atomic E-state index is 13.5. The van der Waals surface area contributed by atoms with Crippen molar-refractivity contribution < 1.29 is 31.6 Å². The van der Waals surface area contributed by atoms with E-state index >= 15 is 0 Å². The fourth-order valence-corrected chi connectivity index (χ4v) is 4.06. The van der Waals surface area contributed by atoms with E-state index in [0.717, 1.165) is 0 Å². The van der Waals surface area contributed by atoms with Crippen LogP contribution in [0.2, 0.25) is 0 Å². The van der Waals surface area contributed by atoms with E-state index in [0.29, 0.717) is 11.1 Å². The van der Waals surface area contributed by atoms with Crippen LogP contribution in [-0.2, 0) is 6.42 Å². The molecule has 4 rings (SSSR count). The minimum Gasteiger partial charge on any atom is -0.437 e. The molecular weight excluding hydrogens is 516 g/mol. The Hall–Kier alpha value is -4.72. The first-order chi connectivity index (χ1) is 18.5. The number of hydrogen-bond donors (Lipinski definition) is 2. The molecule has 0 aliphatic heterocycles. The maximum atomic E-state index is 13.5. The lowest BCUT2D eigenvalue weighted by Gasteiger charge is -2.13. The monoisotopic (exact) mass is 538 g/mol. The van der Waals surface area contributed by atoms with Crippen molar-refractivity contribution in [1.82, 2.24) is 15.6 Å². The van der Waals surface area contributed by atoms with E-state index in [-0.39, 0.29) is 39.2 Å². The number of carbonyl (C=O) groups excluding carboxylic acids is 2. The number of aromatic nitrogens is 1. The molecule has 1 atom stereocenters. The average molecular weight is 539 g/mol. The van der Waals surface area contributed by atoms with Crippen LogP contribution in [0.25, 0.3) is 33.6 Å². The molecule has 0 bridgehead atoms. The summed E-state index contributed by atoms with van der Waals surface area (Å²) in [6.45, 7) is 1.51. The van der Waals surface area contributed by atoms with E-state index in [1.807, 2.05) is 6.07 Å². The van der Waals surface area contributed by atoms with Gasteiger partial charge in [0.25, 0.3) is 11.8 Å². The summed E-state index contributed by atoms with van der Waals surface area (Å²) in [4.78, 5) is 29.9. The predicted molar refractivity (Wildman–Crippen MR) is 135 cm³/mol. The van der Waals surface area contributed by atoms with Crippen LogP contribution in [0.4, 0.5) is 17.6 Å². The Morgan fingerprint density at radius 3 is 2.44 bits per heavy atom. The number of amides is 2. The van der Waals surface area contributed by atoms with Gasteiger partial charge in [-0.1, -0.05) is 12.1 Å². The van der Waals surface area contributed by atoms with E-state index in [4.69, 9.17) is 9.68 Å². The summed E-state index contributed by atoms with van der Waals surface area (Å²) in [6.07, 6.45) is -6.11. The molecule has 0 radical (unpaired) electrons. The zero-order valence-corrected chi connectivity index (χ0v) is 20.8. The van der Waals surface area contributed by atoms with E-state index in [9.17, 15) is 27.2 Å². The van der Waals surface area contributed by atoms with Gasteiger partial charge in [-0.15, -0.1) is 0 Å². The van der Waals surface area contributed by atoms with Gasteiger partial charge in [0.2, 0.25) is 5.71 Å². The Morgan fingerprint density at radius 2 is 1.79 bits per heavy atom. The lowest BCUT2D eigenvalue weighted by atomic mass is 9.96. The largest absolute Gasteiger partial charge is 0.437 e. The lowest BCUT2D eigenvalue weighted by Crippen LogP contribution is -2.31. The van der Waals surface area contributed by atoms with E-state index in [2.05, 4.69) is 15.6 Å². The number of nitriles is 1. The molecule has 2 amide bonds. The van der Waals surface area contributed by atoms with Crippen molar-refractivity contribution in [3.8, 4) is 28.5 Å². The first-order valence-electron chi connectivity index (χ1n) is 11.8. The molecule has 0 saturated carbocycles. The van der Waals surface area contributed by atoms with Gasteiger partial charge < -0.3 is 15.1 Å². The standard InChI is InChI=1S/C28H22F4N4O3/c1-15(14-33)35-25(37)18-5-3-4-17(12-18)20-13-21-23(26(38)34-2)24(16-6-8-19(29)9-7-16)39-27(21)36-22(20)10-11-28(30,31)32/h3-9,12-13,15H,10-11H2,1-2H3,(H,34,38)(H,35,37)/t15-/m0/s1. The Balaban J connectivity index is 1.93. The number of furan rings is 1. The van der Waals surface area contributed by atoms with Gasteiger partial charge in [-0.05, 0) is 61.4 Å². The van der Waals surface area contributed by atoms with Crippen LogP contribution in [0.1, 0.15) is 39.8 Å². The van der Waals surface area contributed by atoms with Crippen molar-refractivity contribution in [3.63, 3.8) is 0 Å². The number of fused-ring (bicyclic) bond motifs is 1. The van der Waals surface area contributed by atoms with Gasteiger partial charge in [0.15, 0.2) is 0 Å². The topological polar surface area (TPSA) is 108 Å². The molecule has 0 fully saturated rings. The van der Waals surface area contributed by atoms with Crippen LogP contribution in [-0.4, -0.2) is 36.1 Å². The third kappa shape index (κ3) is 6.06. The number of aryl methyl sites for hydroxylation is 1. The number of alkyl halides is 3. The van der Waals surface area contributed by atoms with Crippen molar-refractivity contribution in [3.05, 3.63) is 77.2 Å². The predicted octanol–water partition coefficient (Wildman–Crippen LogP) is 5.80. The van der Waals surface area contributed by atoms with Gasteiger partial charge in [0, 0.05) is 30.2 Å². The third-order valence-electron chi connectivity index (χ3n) is 5.94. The van der Waals surface area contributed by atoms with Crippen molar-refractivity contribution in [2.45, 2.75) is 32.0 Å². The fraction of sp³-hybridized carbons (Fsp3) is 0.214. The number of nitrogens with one attached hydrogen (secondary N) is 2. The summed E-state index contributed by atoms with van der Waals surface area (Å²) < 4.78 is 58.9. The number of rotatable bonds is 7. The molecule has 2 aromatic carbocycles. The molecule has 2 heterocycles.